The van der Waals surface area contributed by atoms with Gasteiger partial charge in [0.15, 0.2) is 5.78 Å². The fraction of sp³-hybridized carbons (Fsp3) is 0.761. The molecule has 0 aromatic rings. The van der Waals surface area contributed by atoms with E-state index in [4.69, 9.17) is 5.11 Å². The van der Waals surface area contributed by atoms with E-state index in [0.717, 1.165) is 10.5 Å². The smallest absolute Gasteiger partial charge is 0.233 e. The Morgan fingerprint density at radius 1 is 0.617 bits per heavy atom. The zero-order chi connectivity index (χ0) is 46.5. The number of ketones is 1. The van der Waals surface area contributed by atoms with E-state index in [-0.39, 0.29) is 167 Å². The molecule has 1 radical (unpaired) electrons. The number of hydrogen-bond acceptors (Lipinski definition) is 10. The van der Waals surface area contributed by atoms with Crippen LogP contribution in [0.1, 0.15) is 143 Å². The van der Waals surface area contributed by atoms with E-state index in [1.165, 1.54) is 15.4 Å². The minimum absolute atomic E-state index is 0. The molecule has 3 rings (SSSR count). The molecule has 3 atom stereocenters. The van der Waals surface area contributed by atoms with Crippen molar-refractivity contribution in [3.63, 3.8) is 0 Å². The second kappa shape index (κ2) is 31.1. The summed E-state index contributed by atoms with van der Waals surface area (Å²) >= 11 is 0. The van der Waals surface area contributed by atoms with Crippen LogP contribution >= 0.6 is 0 Å². The van der Waals surface area contributed by atoms with Gasteiger partial charge in [-0.25, -0.2) is 0 Å². The Bertz CT molecular complexity index is 1400. The van der Waals surface area contributed by atoms with E-state index in [1.54, 1.807) is 34.0 Å². The first kappa shape index (κ1) is 61.5. The second-order valence-electron chi connectivity index (χ2n) is 18.1. The molecule has 6 amide bonds. The van der Waals surface area contributed by atoms with Gasteiger partial charge in [0.1, 0.15) is 0 Å². The summed E-state index contributed by atoms with van der Waals surface area (Å²) in [5.41, 5.74) is 2.41. The Balaban J connectivity index is -0.000000761. The average Bonchev–Trinajstić information content (AvgIpc) is 3.70. The molecule has 3 unspecified atom stereocenters. The van der Waals surface area contributed by atoms with Gasteiger partial charge in [0.2, 0.25) is 35.4 Å². The number of nitrogens with zero attached hydrogens (tertiary/aromatic N) is 3. The zero-order valence-corrected chi connectivity index (χ0v) is 42.5. The van der Waals surface area contributed by atoms with Crippen LogP contribution in [0.25, 0.3) is 0 Å². The molecule has 14 heteroatoms. The maximum atomic E-state index is 12.2. The molecular formula is C46H77N3O10Y-2. The van der Waals surface area contributed by atoms with Gasteiger partial charge in [0, 0.05) is 88.7 Å². The first-order valence-electron chi connectivity index (χ1n) is 21.3. The number of rotatable bonds is 15. The number of carbonyl (C=O) groups excluding carboxylic acids is 9. The van der Waals surface area contributed by atoms with Gasteiger partial charge < -0.3 is 14.7 Å². The van der Waals surface area contributed by atoms with E-state index in [1.807, 2.05) is 75.5 Å². The number of hydrogen-bond donors (Lipinski definition) is 1. The van der Waals surface area contributed by atoms with Gasteiger partial charge in [0.25, 0.3) is 0 Å². The Morgan fingerprint density at radius 2 is 0.950 bits per heavy atom. The van der Waals surface area contributed by atoms with Crippen molar-refractivity contribution in [2.45, 2.75) is 143 Å². The molecule has 0 aromatic carbocycles. The van der Waals surface area contributed by atoms with Crippen molar-refractivity contribution in [3.05, 3.63) is 11.1 Å². The first-order chi connectivity index (χ1) is 27.2. The van der Waals surface area contributed by atoms with Gasteiger partial charge >= 0.3 is 0 Å². The standard InChI is InChI=1S/C17H26N2O4.C12H19NO3.C8H16O.C5H9O.C4H7O.Y/c1-10(2)12-8-14(20)18(16(12)22)6-5-7-19-15(21)9-13(11(3)4)17(19)23;1-7(2)9-5-11(15)13(12(9)16)6-10(14)8(3)4;1-6(2)8(5-9)7(3)4;1-5(2)3-4-6;1-4(2)3-5;/h10-13H,5-9H2,1-4H3;7-9H,5-6H2,1-4H3;6,9H,5H2,1-4H3;5H,3H2,1-2H3;4H,1-2H3;/q;;;2*-1;. The SMILES string of the molecule is CC(C)=C(CO)C(C)C.CC(C)C(=O)CN1C(=O)CC(C(C)C)C1=O.CC(C)C1CC(=O)N(CCCN2C(=O)CC(C(C)C)C2=O)C1=O.CC(C)C[C-]=O.CC(C)[C-]=O.[Y]. The van der Waals surface area contributed by atoms with E-state index in [2.05, 4.69) is 13.8 Å². The minimum atomic E-state index is -0.243. The summed E-state index contributed by atoms with van der Waals surface area (Å²) in [6.45, 7) is 31.7. The topological polar surface area (TPSA) is 184 Å². The summed E-state index contributed by atoms with van der Waals surface area (Å²) in [6, 6.07) is 0. The number of amides is 6. The molecule has 0 aromatic heterocycles. The third-order valence-corrected chi connectivity index (χ3v) is 10.2. The summed E-state index contributed by atoms with van der Waals surface area (Å²) in [5, 5.41) is 8.81. The predicted octanol–water partition coefficient (Wildman–Crippen LogP) is 6.54. The van der Waals surface area contributed by atoms with Crippen LogP contribution < -0.4 is 0 Å². The van der Waals surface area contributed by atoms with Gasteiger partial charge in [-0.3, -0.25) is 60.8 Å². The van der Waals surface area contributed by atoms with Gasteiger partial charge in [-0.15, -0.1) is 5.92 Å². The molecule has 341 valence electrons. The van der Waals surface area contributed by atoms with Crippen LogP contribution in [0.2, 0.25) is 0 Å². The Kier molecular flexibility index (Phi) is 31.9. The van der Waals surface area contributed by atoms with E-state index >= 15 is 0 Å². The molecule has 3 aliphatic heterocycles. The number of imide groups is 3. The largest absolute Gasteiger partial charge is 0.542 e. The number of allylic oxidation sites excluding steroid dienone is 1. The molecule has 1 N–H and O–H groups in total. The van der Waals surface area contributed by atoms with Gasteiger partial charge in [0.05, 0.1) is 13.2 Å². The third-order valence-electron chi connectivity index (χ3n) is 10.2. The summed E-state index contributed by atoms with van der Waals surface area (Å²) < 4.78 is 0. The molecule has 0 spiro atoms. The van der Waals surface area contributed by atoms with E-state index in [9.17, 15) is 43.2 Å². The van der Waals surface area contributed by atoms with Crippen LogP contribution in [0, 0.1) is 59.2 Å². The number of Topliss-reactive ketones (excluding diaryl/α,β-unsaturated/α-hetero) is 1. The van der Waals surface area contributed by atoms with Gasteiger partial charge in [-0.1, -0.05) is 108 Å². The van der Waals surface area contributed by atoms with Crippen molar-refractivity contribution in [3.8, 4) is 0 Å². The summed E-state index contributed by atoms with van der Waals surface area (Å²) in [4.78, 5) is 106. The Labute approximate surface area is 386 Å². The summed E-state index contributed by atoms with van der Waals surface area (Å²) in [6.07, 6.45) is 5.41. The van der Waals surface area contributed by atoms with Crippen LogP contribution in [-0.2, 0) is 75.9 Å². The first-order valence-corrected chi connectivity index (χ1v) is 21.3. The summed E-state index contributed by atoms with van der Waals surface area (Å²) in [5.74, 6) is -0.369. The van der Waals surface area contributed by atoms with Crippen LogP contribution in [0.3, 0.4) is 0 Å². The Morgan fingerprint density at radius 3 is 1.13 bits per heavy atom. The average molecular weight is 921 g/mol. The maximum absolute atomic E-state index is 12.2. The monoisotopic (exact) mass is 920 g/mol. The van der Waals surface area contributed by atoms with E-state index in [0.29, 0.717) is 24.7 Å². The normalized spacial score (nSPS) is 18.7. The van der Waals surface area contributed by atoms with Crippen molar-refractivity contribution >= 4 is 53.8 Å². The van der Waals surface area contributed by atoms with Crippen LogP contribution in [0.5, 0.6) is 0 Å². The minimum Gasteiger partial charge on any atom is -0.542 e. The predicted molar refractivity (Wildman–Crippen MR) is 229 cm³/mol. The van der Waals surface area contributed by atoms with Crippen molar-refractivity contribution in [1.29, 1.82) is 0 Å². The zero-order valence-electron chi connectivity index (χ0n) is 39.7. The Hall–Kier alpha value is -2.77. The molecule has 3 fully saturated rings. The maximum Gasteiger partial charge on any atom is 0.233 e. The van der Waals surface area contributed by atoms with Gasteiger partial charge in [-0.05, 0) is 49.5 Å². The molecule has 3 aliphatic rings. The molecule has 0 aliphatic carbocycles. The number of carbonyl (C=O) groups is 7. The second-order valence-corrected chi connectivity index (χ2v) is 18.1. The number of aliphatic hydroxyl groups excluding tert-OH is 1. The van der Waals surface area contributed by atoms with E-state index < -0.39 is 0 Å². The molecule has 3 saturated heterocycles. The fourth-order valence-corrected chi connectivity index (χ4v) is 6.13. The molecule has 0 bridgehead atoms. The van der Waals surface area contributed by atoms with Crippen molar-refractivity contribution in [2.24, 2.45) is 59.2 Å². The van der Waals surface area contributed by atoms with Crippen LogP contribution in [0.15, 0.2) is 11.1 Å². The number of aliphatic hydroxyl groups is 1. The summed E-state index contributed by atoms with van der Waals surface area (Å²) in [7, 11) is 0. The van der Waals surface area contributed by atoms with Crippen LogP contribution in [0.4, 0.5) is 0 Å². The molecule has 0 saturated carbocycles. The molecule has 13 nitrogen and oxygen atoms in total. The van der Waals surface area contributed by atoms with Gasteiger partial charge in [-0.2, -0.15) is 6.42 Å². The van der Waals surface area contributed by atoms with Crippen molar-refractivity contribution < 1.29 is 81.0 Å². The molecular weight excluding hydrogens is 843 g/mol. The molecule has 3 heterocycles. The molecule has 60 heavy (non-hydrogen) atoms. The quantitative estimate of drug-likeness (QED) is 0.108. The van der Waals surface area contributed by atoms with Crippen molar-refractivity contribution in [2.75, 3.05) is 26.2 Å². The van der Waals surface area contributed by atoms with Crippen LogP contribution in [-0.4, -0.2) is 99.8 Å². The fourth-order valence-electron chi connectivity index (χ4n) is 6.13. The van der Waals surface area contributed by atoms with Crippen molar-refractivity contribution in [1.82, 2.24) is 14.7 Å². The third kappa shape index (κ3) is 21.8. The number of likely N-dealkylation sites (tertiary alicyclic amines) is 3.